The number of nitro groups is 1. The van der Waals surface area contributed by atoms with Gasteiger partial charge in [-0.15, -0.1) is 11.3 Å². The molecule has 25 heavy (non-hydrogen) atoms. The van der Waals surface area contributed by atoms with Gasteiger partial charge in [-0.05, 0) is 37.8 Å². The third-order valence-electron chi connectivity index (χ3n) is 4.27. The number of aryl methyl sites for hydroxylation is 1. The van der Waals surface area contributed by atoms with Crippen molar-refractivity contribution in [3.8, 4) is 0 Å². The maximum absolute atomic E-state index is 12.4. The number of hydrogen-bond donors (Lipinski definition) is 1. The van der Waals surface area contributed by atoms with Gasteiger partial charge in [0.2, 0.25) is 0 Å². The number of thiazole rings is 1. The third kappa shape index (κ3) is 3.96. The molecule has 1 N–H and O–H groups in total. The number of nitrogens with one attached hydrogen (secondary N) is 1. The number of nitrogens with zero attached hydrogens (tertiary/aromatic N) is 3. The molecular weight excluding hydrogens is 340 g/mol. The van der Waals surface area contributed by atoms with Crippen molar-refractivity contribution < 1.29 is 9.72 Å². The molecule has 1 amide bonds. The second kappa shape index (κ2) is 7.18. The highest BCUT2D eigenvalue weighted by atomic mass is 32.1. The van der Waals surface area contributed by atoms with Gasteiger partial charge in [-0.2, -0.15) is 0 Å². The van der Waals surface area contributed by atoms with E-state index in [1.807, 2.05) is 17.2 Å². The van der Waals surface area contributed by atoms with Crippen LogP contribution in [0, 0.1) is 23.0 Å². The quantitative estimate of drug-likeness (QED) is 0.661. The van der Waals surface area contributed by atoms with Crippen LogP contribution in [0.25, 0.3) is 0 Å². The predicted molar refractivity (Wildman–Crippen MR) is 98.5 cm³/mol. The first kappa shape index (κ1) is 17.3. The first-order valence-electron chi connectivity index (χ1n) is 8.21. The second-order valence-electron chi connectivity index (χ2n) is 6.40. The molecule has 1 aromatic heterocycles. The lowest BCUT2D eigenvalue weighted by atomic mass is 9.99. The molecule has 1 fully saturated rings. The molecule has 8 heteroatoms. The Balaban J connectivity index is 1.85. The van der Waals surface area contributed by atoms with Crippen LogP contribution in [0.3, 0.4) is 0 Å². The Morgan fingerprint density at radius 2 is 2.28 bits per heavy atom. The van der Waals surface area contributed by atoms with Gasteiger partial charge < -0.3 is 4.90 Å². The van der Waals surface area contributed by atoms with Crippen molar-refractivity contribution in [3.05, 3.63) is 45.0 Å². The summed E-state index contributed by atoms with van der Waals surface area (Å²) in [7, 11) is 0. The molecule has 1 aliphatic rings. The molecule has 2 heterocycles. The fraction of sp³-hybridized carbons (Fsp3) is 0.412. The van der Waals surface area contributed by atoms with Gasteiger partial charge >= 0.3 is 0 Å². The summed E-state index contributed by atoms with van der Waals surface area (Å²) < 4.78 is 0. The summed E-state index contributed by atoms with van der Waals surface area (Å²) in [4.78, 5) is 29.7. The summed E-state index contributed by atoms with van der Waals surface area (Å²) in [6, 6.07) is 4.67. The number of anilines is 2. The molecule has 1 atom stereocenters. The van der Waals surface area contributed by atoms with Crippen LogP contribution in [-0.2, 0) is 0 Å². The van der Waals surface area contributed by atoms with Gasteiger partial charge in [-0.25, -0.2) is 4.98 Å². The largest absolute Gasteiger partial charge is 0.366 e. The van der Waals surface area contributed by atoms with E-state index in [1.165, 1.54) is 17.4 Å². The Morgan fingerprint density at radius 3 is 2.92 bits per heavy atom. The summed E-state index contributed by atoms with van der Waals surface area (Å²) in [6.45, 7) is 5.58. The number of hydrogen-bond acceptors (Lipinski definition) is 6. The minimum Gasteiger partial charge on any atom is -0.366 e. The van der Waals surface area contributed by atoms with Crippen molar-refractivity contribution in [3.63, 3.8) is 0 Å². The van der Waals surface area contributed by atoms with E-state index >= 15 is 0 Å². The van der Waals surface area contributed by atoms with Gasteiger partial charge in [0.1, 0.15) is 5.69 Å². The monoisotopic (exact) mass is 360 g/mol. The summed E-state index contributed by atoms with van der Waals surface area (Å²) in [6.07, 6.45) is 2.15. The maximum atomic E-state index is 12.4. The molecule has 2 aromatic rings. The smallest absolute Gasteiger partial charge is 0.293 e. The van der Waals surface area contributed by atoms with E-state index in [0.29, 0.717) is 16.7 Å². The van der Waals surface area contributed by atoms with Crippen LogP contribution >= 0.6 is 11.3 Å². The number of nitro benzene ring substituents is 1. The van der Waals surface area contributed by atoms with E-state index in [2.05, 4.69) is 17.2 Å². The Morgan fingerprint density at radius 1 is 1.48 bits per heavy atom. The first-order valence-corrected chi connectivity index (χ1v) is 9.09. The number of amides is 1. The Bertz CT molecular complexity index is 805. The van der Waals surface area contributed by atoms with Gasteiger partial charge in [0.15, 0.2) is 5.13 Å². The summed E-state index contributed by atoms with van der Waals surface area (Å²) in [5.74, 6) is 0.112. The fourth-order valence-corrected chi connectivity index (χ4v) is 3.75. The van der Waals surface area contributed by atoms with E-state index in [0.717, 1.165) is 31.6 Å². The molecule has 1 saturated heterocycles. The fourth-order valence-electron chi connectivity index (χ4n) is 3.07. The maximum Gasteiger partial charge on any atom is 0.293 e. The minimum absolute atomic E-state index is 0.0305. The molecule has 1 aromatic carbocycles. The van der Waals surface area contributed by atoms with Crippen LogP contribution in [-0.4, -0.2) is 28.9 Å². The second-order valence-corrected chi connectivity index (χ2v) is 7.26. The zero-order valence-electron chi connectivity index (χ0n) is 14.2. The van der Waals surface area contributed by atoms with E-state index in [-0.39, 0.29) is 11.3 Å². The molecule has 0 aliphatic carbocycles. The molecular formula is C17H20N4O3S. The number of aromatic nitrogens is 1. The van der Waals surface area contributed by atoms with Gasteiger partial charge in [-0.1, -0.05) is 6.92 Å². The van der Waals surface area contributed by atoms with Gasteiger partial charge in [0.05, 0.1) is 10.6 Å². The SMILES string of the molecule is Cc1csc(NC(=O)c2ccc(N3CCC[C@H](C)C3)c([N+](=O)[O-])c2)n1. The zero-order valence-corrected chi connectivity index (χ0v) is 15.0. The van der Waals surface area contributed by atoms with Crippen LogP contribution in [0.2, 0.25) is 0 Å². The molecule has 1 aliphatic heterocycles. The topological polar surface area (TPSA) is 88.4 Å². The molecule has 0 bridgehead atoms. The molecule has 0 unspecified atom stereocenters. The average Bonchev–Trinajstić information content (AvgIpc) is 2.99. The highest BCUT2D eigenvalue weighted by Crippen LogP contribution is 2.32. The van der Waals surface area contributed by atoms with Crippen molar-refractivity contribution in [2.75, 3.05) is 23.3 Å². The molecule has 132 valence electrons. The van der Waals surface area contributed by atoms with E-state index in [9.17, 15) is 14.9 Å². The van der Waals surface area contributed by atoms with Crippen LogP contribution in [0.15, 0.2) is 23.6 Å². The van der Waals surface area contributed by atoms with Gasteiger partial charge in [0.25, 0.3) is 11.6 Å². The average molecular weight is 360 g/mol. The van der Waals surface area contributed by atoms with Crippen LogP contribution in [0.4, 0.5) is 16.5 Å². The molecule has 7 nitrogen and oxygen atoms in total. The number of carbonyl (C=O) groups excluding carboxylic acids is 1. The molecule has 3 rings (SSSR count). The number of piperidine rings is 1. The van der Waals surface area contributed by atoms with Crippen molar-refractivity contribution in [2.45, 2.75) is 26.7 Å². The zero-order chi connectivity index (χ0) is 18.0. The highest BCUT2D eigenvalue weighted by Gasteiger charge is 2.25. The number of benzene rings is 1. The summed E-state index contributed by atoms with van der Waals surface area (Å²) in [5, 5.41) is 16.5. The highest BCUT2D eigenvalue weighted by molar-refractivity contribution is 7.13. The lowest BCUT2D eigenvalue weighted by Crippen LogP contribution is -2.34. The Hall–Kier alpha value is -2.48. The van der Waals surface area contributed by atoms with Crippen LogP contribution < -0.4 is 10.2 Å². The van der Waals surface area contributed by atoms with E-state index in [4.69, 9.17) is 0 Å². The van der Waals surface area contributed by atoms with Crippen LogP contribution in [0.5, 0.6) is 0 Å². The molecule has 0 saturated carbocycles. The van der Waals surface area contributed by atoms with Crippen molar-refractivity contribution in [1.29, 1.82) is 0 Å². The number of carbonyl (C=O) groups is 1. The number of rotatable bonds is 4. The van der Waals surface area contributed by atoms with Crippen molar-refractivity contribution in [2.24, 2.45) is 5.92 Å². The molecule has 0 radical (unpaired) electrons. The predicted octanol–water partition coefficient (Wildman–Crippen LogP) is 3.85. The Labute approximate surface area is 149 Å². The standard InChI is InChI=1S/C17H20N4O3S/c1-11-4-3-7-20(9-11)14-6-5-13(8-15(14)21(23)24)16(22)19-17-18-12(2)10-25-17/h5-6,8,10-11H,3-4,7,9H2,1-2H3,(H,18,19,22)/t11-/m0/s1. The van der Waals surface area contributed by atoms with Crippen LogP contribution in [0.1, 0.15) is 35.8 Å². The first-order chi connectivity index (χ1) is 11.9. The Kier molecular flexibility index (Phi) is 4.98. The lowest BCUT2D eigenvalue weighted by molar-refractivity contribution is -0.384. The normalized spacial score (nSPS) is 17.4. The van der Waals surface area contributed by atoms with Crippen molar-refractivity contribution in [1.82, 2.24) is 4.98 Å². The minimum atomic E-state index is -0.418. The van der Waals surface area contributed by atoms with Crippen molar-refractivity contribution >= 4 is 33.8 Å². The van der Waals surface area contributed by atoms with E-state index in [1.54, 1.807) is 12.1 Å². The third-order valence-corrected chi connectivity index (χ3v) is 5.15. The molecule has 0 spiro atoms. The van der Waals surface area contributed by atoms with E-state index < -0.39 is 10.8 Å². The lowest BCUT2D eigenvalue weighted by Gasteiger charge is -2.32. The van der Waals surface area contributed by atoms with Gasteiger partial charge in [0, 0.05) is 30.1 Å². The summed E-state index contributed by atoms with van der Waals surface area (Å²) in [5.41, 5.74) is 1.63. The van der Waals surface area contributed by atoms with Gasteiger partial charge in [-0.3, -0.25) is 20.2 Å². The summed E-state index contributed by atoms with van der Waals surface area (Å²) >= 11 is 1.32.